The summed E-state index contributed by atoms with van der Waals surface area (Å²) in [6, 6.07) is 7.23. The summed E-state index contributed by atoms with van der Waals surface area (Å²) in [5, 5.41) is 20.0. The van der Waals surface area contributed by atoms with E-state index < -0.39 is 22.8 Å². The lowest BCUT2D eigenvalue weighted by Gasteiger charge is -2.34. The van der Waals surface area contributed by atoms with Gasteiger partial charge in [-0.15, -0.1) is 0 Å². The van der Waals surface area contributed by atoms with E-state index in [2.05, 4.69) is 13.8 Å². The molecule has 1 aromatic rings. The Kier molecular flexibility index (Phi) is 8.32. The van der Waals surface area contributed by atoms with Crippen LogP contribution >= 0.6 is 0 Å². The van der Waals surface area contributed by atoms with Crippen LogP contribution in [0.3, 0.4) is 0 Å². The van der Waals surface area contributed by atoms with Gasteiger partial charge in [-0.3, -0.25) is 9.59 Å². The monoisotopic (exact) mass is 362 g/mol. The number of hydrogen-bond acceptors (Lipinski definition) is 2. The maximum absolute atomic E-state index is 12.2. The average molecular weight is 363 g/mol. The summed E-state index contributed by atoms with van der Waals surface area (Å²) in [4.78, 5) is 24.4. The molecular weight excluding hydrogens is 328 g/mol. The highest BCUT2D eigenvalue weighted by molar-refractivity contribution is 5.85. The Morgan fingerprint density at radius 2 is 1.12 bits per heavy atom. The fourth-order valence-corrected chi connectivity index (χ4v) is 3.62. The Morgan fingerprint density at radius 3 is 1.38 bits per heavy atom. The largest absolute Gasteiger partial charge is 0.481 e. The minimum atomic E-state index is -1.08. The molecule has 1 aromatic carbocycles. The van der Waals surface area contributed by atoms with Crippen LogP contribution in [0.2, 0.25) is 0 Å². The van der Waals surface area contributed by atoms with Gasteiger partial charge >= 0.3 is 11.9 Å². The summed E-state index contributed by atoms with van der Waals surface area (Å²) in [5.74, 6) is -1.77. The van der Waals surface area contributed by atoms with Gasteiger partial charge < -0.3 is 10.2 Å². The van der Waals surface area contributed by atoms with Gasteiger partial charge in [-0.25, -0.2) is 0 Å². The van der Waals surface area contributed by atoms with Gasteiger partial charge in [-0.05, 0) is 37.8 Å². The lowest BCUT2D eigenvalue weighted by molar-refractivity contribution is -0.145. The highest BCUT2D eigenvalue weighted by Crippen LogP contribution is 2.40. The molecule has 0 aliphatic heterocycles. The molecular formula is C22H34O4. The molecule has 4 heteroatoms. The van der Waals surface area contributed by atoms with Crippen molar-refractivity contribution in [1.29, 1.82) is 0 Å². The van der Waals surface area contributed by atoms with Crippen LogP contribution in [0.15, 0.2) is 24.3 Å². The van der Waals surface area contributed by atoms with Crippen LogP contribution < -0.4 is 0 Å². The maximum Gasteiger partial charge on any atom is 0.313 e. The Morgan fingerprint density at radius 1 is 0.769 bits per heavy atom. The average Bonchev–Trinajstić information content (AvgIpc) is 2.61. The molecule has 0 aromatic heterocycles. The van der Waals surface area contributed by atoms with Crippen molar-refractivity contribution in [3.63, 3.8) is 0 Å². The highest BCUT2D eigenvalue weighted by Gasteiger charge is 2.43. The highest BCUT2D eigenvalue weighted by atomic mass is 16.4. The summed E-state index contributed by atoms with van der Waals surface area (Å²) >= 11 is 0. The fraction of sp³-hybridized carbons (Fsp3) is 0.636. The Hall–Kier alpha value is -1.84. The van der Waals surface area contributed by atoms with E-state index in [9.17, 15) is 19.8 Å². The minimum absolute atomic E-state index is 0.512. The third-order valence-electron chi connectivity index (χ3n) is 5.62. The second-order valence-electron chi connectivity index (χ2n) is 7.73. The van der Waals surface area contributed by atoms with Crippen LogP contribution in [0.5, 0.6) is 0 Å². The van der Waals surface area contributed by atoms with E-state index in [0.29, 0.717) is 24.0 Å². The van der Waals surface area contributed by atoms with Gasteiger partial charge in [0, 0.05) is 0 Å². The number of rotatable bonds is 12. The summed E-state index contributed by atoms with van der Waals surface area (Å²) in [5.41, 5.74) is -0.865. The standard InChI is InChI=1S/C22H34O4/c1-5-7-11-15-21(3,19(23)24)17-13-9-10-14-18(17)22(4,20(25)26)16-12-8-6-2/h9-10,13-14H,5-8,11-12,15-16H2,1-4H3,(H,23,24)(H,25,26). The molecule has 0 saturated heterocycles. The van der Waals surface area contributed by atoms with Crippen molar-refractivity contribution in [2.24, 2.45) is 0 Å². The third-order valence-corrected chi connectivity index (χ3v) is 5.62. The first-order valence-corrected chi connectivity index (χ1v) is 9.80. The topological polar surface area (TPSA) is 74.6 Å². The molecule has 0 spiro atoms. The quantitative estimate of drug-likeness (QED) is 0.479. The number of carboxylic acids is 2. The van der Waals surface area contributed by atoms with Crippen molar-refractivity contribution >= 4 is 11.9 Å². The smallest absolute Gasteiger partial charge is 0.313 e. The second-order valence-corrected chi connectivity index (χ2v) is 7.73. The summed E-state index contributed by atoms with van der Waals surface area (Å²) in [6.07, 6.45) is 6.62. The summed E-state index contributed by atoms with van der Waals surface area (Å²) in [6.45, 7) is 7.64. The normalized spacial score (nSPS) is 15.8. The molecule has 0 saturated carbocycles. The second kappa shape index (κ2) is 9.75. The van der Waals surface area contributed by atoms with Crippen LogP contribution in [-0.4, -0.2) is 22.2 Å². The lowest BCUT2D eigenvalue weighted by Crippen LogP contribution is -2.39. The number of carbonyl (C=O) groups is 2. The van der Waals surface area contributed by atoms with Gasteiger partial charge in [0.05, 0.1) is 10.8 Å². The van der Waals surface area contributed by atoms with Crippen LogP contribution in [0.1, 0.15) is 90.2 Å². The van der Waals surface area contributed by atoms with Crippen molar-refractivity contribution in [2.45, 2.75) is 89.9 Å². The van der Waals surface area contributed by atoms with Crippen molar-refractivity contribution in [1.82, 2.24) is 0 Å². The van der Waals surface area contributed by atoms with Gasteiger partial charge in [0.25, 0.3) is 0 Å². The molecule has 4 nitrogen and oxygen atoms in total. The molecule has 0 heterocycles. The van der Waals surface area contributed by atoms with Gasteiger partial charge in [0.15, 0.2) is 0 Å². The van der Waals surface area contributed by atoms with Crippen molar-refractivity contribution in [3.8, 4) is 0 Å². The van der Waals surface area contributed by atoms with Gasteiger partial charge in [-0.1, -0.05) is 76.6 Å². The summed E-state index contributed by atoms with van der Waals surface area (Å²) in [7, 11) is 0. The first kappa shape index (κ1) is 22.2. The van der Waals surface area contributed by atoms with E-state index in [0.717, 1.165) is 38.5 Å². The Bertz CT molecular complexity index is 557. The molecule has 0 fully saturated rings. The number of carboxylic acid groups (broad SMARTS) is 2. The number of aliphatic carboxylic acids is 2. The van der Waals surface area contributed by atoms with Gasteiger partial charge in [0.2, 0.25) is 0 Å². The van der Waals surface area contributed by atoms with E-state index in [-0.39, 0.29) is 0 Å². The number of unbranched alkanes of at least 4 members (excludes halogenated alkanes) is 4. The van der Waals surface area contributed by atoms with Crippen molar-refractivity contribution < 1.29 is 19.8 Å². The molecule has 2 N–H and O–H groups in total. The van der Waals surface area contributed by atoms with E-state index in [1.807, 2.05) is 12.1 Å². The number of hydrogen-bond donors (Lipinski definition) is 2. The predicted octanol–water partition coefficient (Wildman–Crippen LogP) is 5.53. The fourth-order valence-electron chi connectivity index (χ4n) is 3.62. The SMILES string of the molecule is CCCCCC(C)(C(=O)O)c1ccccc1C(C)(CCCCC)C(=O)O. The van der Waals surface area contributed by atoms with Crippen molar-refractivity contribution in [2.75, 3.05) is 0 Å². The molecule has 0 bridgehead atoms. The molecule has 0 aliphatic carbocycles. The zero-order chi connectivity index (χ0) is 19.8. The maximum atomic E-state index is 12.2. The Balaban J connectivity index is 3.40. The van der Waals surface area contributed by atoms with E-state index in [4.69, 9.17) is 0 Å². The van der Waals surface area contributed by atoms with Crippen molar-refractivity contribution in [3.05, 3.63) is 35.4 Å². The number of benzene rings is 1. The van der Waals surface area contributed by atoms with Gasteiger partial charge in [-0.2, -0.15) is 0 Å². The predicted molar refractivity (Wildman–Crippen MR) is 105 cm³/mol. The van der Waals surface area contributed by atoms with Crippen LogP contribution in [-0.2, 0) is 20.4 Å². The van der Waals surface area contributed by atoms with E-state index in [1.165, 1.54) is 0 Å². The minimum Gasteiger partial charge on any atom is -0.481 e. The summed E-state index contributed by atoms with van der Waals surface area (Å²) < 4.78 is 0. The molecule has 0 amide bonds. The van der Waals surface area contributed by atoms with Crippen LogP contribution in [0, 0.1) is 0 Å². The first-order chi connectivity index (χ1) is 12.2. The molecule has 0 aliphatic rings. The third kappa shape index (κ3) is 4.87. The first-order valence-electron chi connectivity index (χ1n) is 9.80. The zero-order valence-electron chi connectivity index (χ0n) is 16.7. The molecule has 26 heavy (non-hydrogen) atoms. The molecule has 0 radical (unpaired) electrons. The molecule has 1 rings (SSSR count). The zero-order valence-corrected chi connectivity index (χ0v) is 16.7. The van der Waals surface area contributed by atoms with Gasteiger partial charge in [0.1, 0.15) is 0 Å². The lowest BCUT2D eigenvalue weighted by atomic mass is 9.68. The van der Waals surface area contributed by atoms with Crippen LogP contribution in [0.4, 0.5) is 0 Å². The molecule has 2 unspecified atom stereocenters. The van der Waals surface area contributed by atoms with E-state index in [1.54, 1.807) is 26.0 Å². The van der Waals surface area contributed by atoms with E-state index >= 15 is 0 Å². The molecule has 2 atom stereocenters. The van der Waals surface area contributed by atoms with Crippen LogP contribution in [0.25, 0.3) is 0 Å². The molecule has 146 valence electrons. The Labute approximate surface area is 157 Å².